The molecule has 0 aromatic heterocycles. The zero-order chi connectivity index (χ0) is 14.4. The van der Waals surface area contributed by atoms with Crippen molar-refractivity contribution in [1.82, 2.24) is 0 Å². The minimum Gasteiger partial charge on any atom is -0.425 e. The Morgan fingerprint density at radius 1 is 1.15 bits per heavy atom. The first kappa shape index (κ1) is 14.6. The van der Waals surface area contributed by atoms with Crippen molar-refractivity contribution in [2.24, 2.45) is 5.73 Å². The summed E-state index contributed by atoms with van der Waals surface area (Å²) in [5.74, 6) is 0.113. The van der Waals surface area contributed by atoms with Crippen LogP contribution in [0.5, 0.6) is 5.75 Å². The Balaban J connectivity index is 1.93. The second kappa shape index (κ2) is 7.12. The lowest BCUT2D eigenvalue weighted by molar-refractivity contribution is -0.135. The van der Waals surface area contributed by atoms with Gasteiger partial charge in [-0.2, -0.15) is 0 Å². The number of hydrogen-bond donors (Lipinski definition) is 1. The van der Waals surface area contributed by atoms with Crippen LogP contribution in [0, 0.1) is 0 Å². The number of thioether (sulfide) groups is 1. The van der Waals surface area contributed by atoms with Gasteiger partial charge in [0.05, 0.1) is 0 Å². The Morgan fingerprint density at radius 2 is 1.80 bits per heavy atom. The molecule has 0 bridgehead atoms. The molecule has 4 heteroatoms. The quantitative estimate of drug-likeness (QED) is 0.522. The molecule has 2 aromatic rings. The highest BCUT2D eigenvalue weighted by atomic mass is 32.2. The summed E-state index contributed by atoms with van der Waals surface area (Å²) in [5, 5.41) is 0. The van der Waals surface area contributed by atoms with Crippen molar-refractivity contribution in [2.45, 2.75) is 17.4 Å². The first-order valence-corrected chi connectivity index (χ1v) is 7.57. The number of nitrogens with two attached hydrogens (primary N) is 1. The maximum atomic E-state index is 11.9. The topological polar surface area (TPSA) is 52.3 Å². The fourth-order valence-corrected chi connectivity index (χ4v) is 2.20. The number of carbonyl (C=O) groups is 1. The third-order valence-electron chi connectivity index (χ3n) is 2.88. The highest BCUT2D eigenvalue weighted by Gasteiger charge is 2.16. The fourth-order valence-electron chi connectivity index (χ4n) is 1.79. The summed E-state index contributed by atoms with van der Waals surface area (Å²) in [6.07, 6.45) is 2.47. The van der Waals surface area contributed by atoms with Crippen LogP contribution in [0.2, 0.25) is 0 Å². The normalized spacial score (nSPS) is 11.9. The van der Waals surface area contributed by atoms with Crippen LogP contribution in [-0.4, -0.2) is 18.3 Å². The van der Waals surface area contributed by atoms with Crippen LogP contribution in [0.3, 0.4) is 0 Å². The molecule has 0 heterocycles. The van der Waals surface area contributed by atoms with Crippen molar-refractivity contribution < 1.29 is 9.53 Å². The van der Waals surface area contributed by atoms with Crippen LogP contribution in [-0.2, 0) is 11.2 Å². The van der Waals surface area contributed by atoms with Crippen LogP contribution in [0.15, 0.2) is 59.5 Å². The molecule has 104 valence electrons. The SMILES string of the molecule is CSc1ccc(OC(=O)[C@@H](N)Cc2ccccc2)cc1. The van der Waals surface area contributed by atoms with E-state index in [0.29, 0.717) is 12.2 Å². The average Bonchev–Trinajstić information content (AvgIpc) is 2.49. The molecule has 0 saturated heterocycles. The van der Waals surface area contributed by atoms with Gasteiger partial charge in [0.2, 0.25) is 0 Å². The van der Waals surface area contributed by atoms with E-state index in [0.717, 1.165) is 10.5 Å². The van der Waals surface area contributed by atoms with Crippen LogP contribution < -0.4 is 10.5 Å². The minimum absolute atomic E-state index is 0.411. The summed E-state index contributed by atoms with van der Waals surface area (Å²) in [5.41, 5.74) is 6.90. The van der Waals surface area contributed by atoms with Crippen molar-refractivity contribution in [1.29, 1.82) is 0 Å². The van der Waals surface area contributed by atoms with E-state index in [1.807, 2.05) is 48.7 Å². The Labute approximate surface area is 123 Å². The molecule has 0 aliphatic carbocycles. The number of carbonyl (C=O) groups excluding carboxylic acids is 1. The smallest absolute Gasteiger partial charge is 0.328 e. The molecule has 2 N–H and O–H groups in total. The number of benzene rings is 2. The van der Waals surface area contributed by atoms with Gasteiger partial charge in [-0.3, -0.25) is 0 Å². The Hall–Kier alpha value is -1.78. The predicted molar refractivity (Wildman–Crippen MR) is 82.0 cm³/mol. The number of ether oxygens (including phenoxy) is 1. The van der Waals surface area contributed by atoms with Gasteiger partial charge in [0.15, 0.2) is 0 Å². The summed E-state index contributed by atoms with van der Waals surface area (Å²) in [6, 6.07) is 16.4. The van der Waals surface area contributed by atoms with Crippen molar-refractivity contribution in [3.05, 3.63) is 60.2 Å². The van der Waals surface area contributed by atoms with E-state index in [1.54, 1.807) is 23.9 Å². The van der Waals surface area contributed by atoms with Crippen LogP contribution in [0.4, 0.5) is 0 Å². The van der Waals surface area contributed by atoms with Crippen molar-refractivity contribution in [3.63, 3.8) is 0 Å². The molecule has 0 spiro atoms. The first-order chi connectivity index (χ1) is 9.69. The highest BCUT2D eigenvalue weighted by Crippen LogP contribution is 2.19. The summed E-state index contributed by atoms with van der Waals surface area (Å²) in [7, 11) is 0. The van der Waals surface area contributed by atoms with Crippen LogP contribution in [0.1, 0.15) is 5.56 Å². The molecule has 0 aliphatic rings. The van der Waals surface area contributed by atoms with Gasteiger partial charge in [0.25, 0.3) is 0 Å². The van der Waals surface area contributed by atoms with Crippen LogP contribution in [0.25, 0.3) is 0 Å². The lowest BCUT2D eigenvalue weighted by atomic mass is 10.1. The third-order valence-corrected chi connectivity index (χ3v) is 3.62. The predicted octanol–water partition coefficient (Wildman–Crippen LogP) is 2.88. The van der Waals surface area contributed by atoms with E-state index in [1.165, 1.54) is 0 Å². The molecular weight excluding hydrogens is 270 g/mol. The van der Waals surface area contributed by atoms with Crippen molar-refractivity contribution in [3.8, 4) is 5.75 Å². The average molecular weight is 287 g/mol. The van der Waals surface area contributed by atoms with E-state index in [4.69, 9.17) is 10.5 Å². The Bertz CT molecular complexity index is 554. The standard InChI is InChI=1S/C16H17NO2S/c1-20-14-9-7-13(8-10-14)19-16(18)15(17)11-12-5-3-2-4-6-12/h2-10,15H,11,17H2,1H3/t15-/m0/s1. The number of rotatable bonds is 5. The molecule has 3 nitrogen and oxygen atoms in total. The van der Waals surface area contributed by atoms with Gasteiger partial charge < -0.3 is 10.5 Å². The van der Waals surface area contributed by atoms with Crippen molar-refractivity contribution in [2.75, 3.05) is 6.26 Å². The molecule has 0 saturated carbocycles. The molecule has 0 amide bonds. The van der Waals surface area contributed by atoms with Crippen LogP contribution >= 0.6 is 11.8 Å². The molecule has 0 fully saturated rings. The largest absolute Gasteiger partial charge is 0.425 e. The summed E-state index contributed by atoms with van der Waals surface area (Å²) in [4.78, 5) is 13.0. The summed E-state index contributed by atoms with van der Waals surface area (Å²) in [6.45, 7) is 0. The van der Waals surface area contributed by atoms with Gasteiger partial charge in [-0.15, -0.1) is 11.8 Å². The Kier molecular flexibility index (Phi) is 5.21. The van der Waals surface area contributed by atoms with Gasteiger partial charge in [-0.1, -0.05) is 30.3 Å². The third kappa shape index (κ3) is 4.11. The molecule has 20 heavy (non-hydrogen) atoms. The second-order valence-corrected chi connectivity index (χ2v) is 5.27. The molecule has 2 aromatic carbocycles. The number of esters is 1. The van der Waals surface area contributed by atoms with Gasteiger partial charge in [-0.25, -0.2) is 4.79 Å². The molecule has 1 atom stereocenters. The van der Waals surface area contributed by atoms with Gasteiger partial charge >= 0.3 is 5.97 Å². The molecule has 2 rings (SSSR count). The van der Waals surface area contributed by atoms with E-state index >= 15 is 0 Å². The lowest BCUT2D eigenvalue weighted by Gasteiger charge is -2.11. The first-order valence-electron chi connectivity index (χ1n) is 6.34. The zero-order valence-corrected chi connectivity index (χ0v) is 12.1. The summed E-state index contributed by atoms with van der Waals surface area (Å²) < 4.78 is 5.27. The van der Waals surface area contributed by atoms with E-state index in [-0.39, 0.29) is 0 Å². The molecule has 0 unspecified atom stereocenters. The lowest BCUT2D eigenvalue weighted by Crippen LogP contribution is -2.36. The summed E-state index contributed by atoms with van der Waals surface area (Å²) >= 11 is 1.64. The van der Waals surface area contributed by atoms with Crippen molar-refractivity contribution >= 4 is 17.7 Å². The van der Waals surface area contributed by atoms with Gasteiger partial charge in [0.1, 0.15) is 11.8 Å². The molecular formula is C16H17NO2S. The zero-order valence-electron chi connectivity index (χ0n) is 11.3. The maximum absolute atomic E-state index is 11.9. The molecule has 0 radical (unpaired) electrons. The maximum Gasteiger partial charge on any atom is 0.328 e. The minimum atomic E-state index is -0.655. The monoisotopic (exact) mass is 287 g/mol. The second-order valence-electron chi connectivity index (χ2n) is 4.39. The van der Waals surface area contributed by atoms with Gasteiger partial charge in [0, 0.05) is 4.90 Å². The highest BCUT2D eigenvalue weighted by molar-refractivity contribution is 7.98. The fraction of sp³-hybridized carbons (Fsp3) is 0.188. The Morgan fingerprint density at radius 3 is 2.40 bits per heavy atom. The van der Waals surface area contributed by atoms with E-state index < -0.39 is 12.0 Å². The van der Waals surface area contributed by atoms with E-state index in [2.05, 4.69) is 0 Å². The molecule has 0 aliphatic heterocycles. The van der Waals surface area contributed by atoms with Gasteiger partial charge in [-0.05, 0) is 42.5 Å². The number of hydrogen-bond acceptors (Lipinski definition) is 4. The van der Waals surface area contributed by atoms with E-state index in [9.17, 15) is 4.79 Å².